The minimum absolute atomic E-state index is 0. The molecule has 0 rings (SSSR count). The van der Waals surface area contributed by atoms with E-state index < -0.39 is 0 Å². The zero-order chi connectivity index (χ0) is 4.00. The molecule has 0 nitrogen and oxygen atoms in total. The van der Waals surface area contributed by atoms with Crippen LogP contribution in [-0.4, -0.2) is 0 Å². The third-order valence-electron chi connectivity index (χ3n) is 0. The molecule has 0 fully saturated rings. The fourth-order valence-corrected chi connectivity index (χ4v) is 0. The fourth-order valence-electron chi connectivity index (χ4n) is 0. The van der Waals surface area contributed by atoms with Gasteiger partial charge >= 0.3 is 49.0 Å². The Morgan fingerprint density at radius 3 is 0.800 bits per heavy atom. The van der Waals surface area contributed by atoms with Gasteiger partial charge in [0.2, 0.25) is 0 Å². The second-order valence-corrected chi connectivity index (χ2v) is 0. The van der Waals surface area contributed by atoms with Crippen LogP contribution >= 0.6 is 21.3 Å². The van der Waals surface area contributed by atoms with Crippen LogP contribution in [-0.2, 0) is 44.2 Å². The first kappa shape index (κ1) is 15.8. The van der Waals surface area contributed by atoms with Crippen LogP contribution in [0.15, 0.2) is 0 Å². The van der Waals surface area contributed by atoms with E-state index >= 15 is 0 Å². The Morgan fingerprint density at radius 1 is 0.800 bits per heavy atom. The summed E-state index contributed by atoms with van der Waals surface area (Å²) in [5.41, 5.74) is 0. The molecule has 0 aromatic rings. The average molecular weight is 240 g/mol. The van der Waals surface area contributed by atoms with E-state index in [1.165, 1.54) is 0 Å². The van der Waals surface area contributed by atoms with Crippen LogP contribution in [0.4, 0.5) is 0 Å². The van der Waals surface area contributed by atoms with Crippen molar-refractivity contribution in [2.24, 2.45) is 0 Å². The molecule has 0 aliphatic heterocycles. The second-order valence-electron chi connectivity index (χ2n) is 0. The van der Waals surface area contributed by atoms with Gasteiger partial charge in [0, 0.05) is 16.5 Å². The first-order valence-corrected chi connectivity index (χ1v) is 3.19. The van der Waals surface area contributed by atoms with Gasteiger partial charge in [0.25, 0.3) is 0 Å². The van der Waals surface area contributed by atoms with Crippen molar-refractivity contribution < 1.29 is 44.2 Å². The third kappa shape index (κ3) is 24.7. The second kappa shape index (κ2) is 38.9. The van der Waals surface area contributed by atoms with E-state index in [-0.39, 0.29) is 16.5 Å². The molecule has 0 saturated carbocycles. The summed E-state index contributed by atoms with van der Waals surface area (Å²) in [6.07, 6.45) is 0. The number of rotatable bonds is 0. The predicted octanol–water partition coefficient (Wildman–Crippen LogP) is 1.29. The summed E-state index contributed by atoms with van der Waals surface area (Å²) in [6.45, 7) is 0. The Morgan fingerprint density at radius 2 is 0.800 bits per heavy atom. The molecule has 0 amide bonds. The predicted molar refractivity (Wildman–Crippen MR) is 15.2 cm³/mol. The minimum atomic E-state index is 0. The normalized spacial score (nSPS) is 2.40. The van der Waals surface area contributed by atoms with Crippen LogP contribution in [0.2, 0.25) is 0 Å². The van der Waals surface area contributed by atoms with E-state index in [2.05, 4.69) is 49.0 Å². The molecule has 0 aliphatic carbocycles. The molecule has 0 aromatic heterocycles. The van der Waals surface area contributed by atoms with Crippen molar-refractivity contribution in [2.45, 2.75) is 0 Å². The van der Waals surface area contributed by atoms with Crippen molar-refractivity contribution in [1.82, 2.24) is 0 Å². The zero-order valence-corrected chi connectivity index (χ0v) is 6.36. The van der Waals surface area contributed by atoms with Crippen molar-refractivity contribution in [3.05, 3.63) is 0 Å². The summed E-state index contributed by atoms with van der Waals surface area (Å²) in [5, 5.41) is 0. The molecule has 42 valence electrons. The van der Waals surface area contributed by atoms with Crippen LogP contribution in [0.25, 0.3) is 0 Å². The summed E-state index contributed by atoms with van der Waals surface area (Å²) in [4.78, 5) is 0. The van der Waals surface area contributed by atoms with Crippen LogP contribution in [0.3, 0.4) is 0 Å². The number of hydrogen-bond acceptors (Lipinski definition) is 2. The monoisotopic (exact) mass is 238 g/mol. The molecule has 5 heavy (non-hydrogen) atoms. The van der Waals surface area contributed by atoms with Gasteiger partial charge in [0.1, 0.15) is 0 Å². The molecule has 0 bridgehead atoms. The fraction of sp³-hybridized carbons (Fsp3) is 0. The SMILES string of the molecule is [Ni].[S]=[Ni].[S]=[Ni]. The quantitative estimate of drug-likeness (QED) is 0.585. The van der Waals surface area contributed by atoms with E-state index in [4.69, 9.17) is 0 Å². The topological polar surface area (TPSA) is 0 Å². The maximum absolute atomic E-state index is 3.71. The standard InChI is InChI=1S/3Ni.2S. The van der Waals surface area contributed by atoms with Gasteiger partial charge in [-0.25, -0.2) is 0 Å². The molecule has 0 heterocycles. The van der Waals surface area contributed by atoms with Crippen molar-refractivity contribution in [2.75, 3.05) is 0 Å². The van der Waals surface area contributed by atoms with E-state index in [1.54, 1.807) is 0 Å². The van der Waals surface area contributed by atoms with Crippen molar-refractivity contribution >= 4 is 21.3 Å². The van der Waals surface area contributed by atoms with E-state index in [1.807, 2.05) is 0 Å². The van der Waals surface area contributed by atoms with Crippen LogP contribution < -0.4 is 0 Å². The molecule has 0 aromatic carbocycles. The molecule has 0 radical (unpaired) electrons. The molecule has 5 heteroatoms. The van der Waals surface area contributed by atoms with E-state index in [0.717, 1.165) is 0 Å². The molecular weight excluding hydrogens is 240 g/mol. The summed E-state index contributed by atoms with van der Waals surface area (Å²) in [7, 11) is 7.42. The molecule has 0 spiro atoms. The van der Waals surface area contributed by atoms with Gasteiger partial charge in [0.05, 0.1) is 0 Å². The van der Waals surface area contributed by atoms with E-state index in [9.17, 15) is 0 Å². The van der Waals surface area contributed by atoms with Gasteiger partial charge < -0.3 is 0 Å². The summed E-state index contributed by atoms with van der Waals surface area (Å²) >= 11 is 6.92. The Balaban J connectivity index is -0.0000000133. The Labute approximate surface area is 65.0 Å². The Hall–Kier alpha value is 1.92. The Bertz CT molecular complexity index is 6.85. The third-order valence-corrected chi connectivity index (χ3v) is 0. The van der Waals surface area contributed by atoms with E-state index in [0.29, 0.717) is 0 Å². The van der Waals surface area contributed by atoms with Gasteiger partial charge in [-0.1, -0.05) is 0 Å². The molecule has 0 aliphatic rings. The van der Waals surface area contributed by atoms with Crippen molar-refractivity contribution in [1.29, 1.82) is 0 Å². The van der Waals surface area contributed by atoms with Crippen molar-refractivity contribution in [3.8, 4) is 0 Å². The zero-order valence-electron chi connectivity index (χ0n) is 1.77. The van der Waals surface area contributed by atoms with Gasteiger partial charge in [-0.2, -0.15) is 0 Å². The van der Waals surface area contributed by atoms with Gasteiger partial charge in [-0.15, -0.1) is 0 Å². The summed E-state index contributed by atoms with van der Waals surface area (Å²) in [5.74, 6) is 0. The first-order valence-electron chi connectivity index (χ1n) is 0.258. The van der Waals surface area contributed by atoms with Gasteiger partial charge in [-0.3, -0.25) is 0 Å². The van der Waals surface area contributed by atoms with Crippen LogP contribution in [0.1, 0.15) is 0 Å². The summed E-state index contributed by atoms with van der Waals surface area (Å²) < 4.78 is 0. The van der Waals surface area contributed by atoms with Crippen LogP contribution in [0.5, 0.6) is 0 Å². The summed E-state index contributed by atoms with van der Waals surface area (Å²) in [6, 6.07) is 0. The maximum atomic E-state index is 3.71. The van der Waals surface area contributed by atoms with Crippen molar-refractivity contribution in [3.63, 3.8) is 0 Å². The van der Waals surface area contributed by atoms with Crippen LogP contribution in [0, 0.1) is 0 Å². The molecule has 0 atom stereocenters. The Kier molecular flexibility index (Phi) is 123. The molecular formula is Ni3S2. The first-order chi connectivity index (χ1) is 2.00. The number of hydrogen-bond donors (Lipinski definition) is 0. The molecule has 0 saturated heterocycles. The molecule has 0 N–H and O–H groups in total. The van der Waals surface area contributed by atoms with Gasteiger partial charge in [0.15, 0.2) is 0 Å². The average Bonchev–Trinajstić information content (AvgIpc) is 1.50. The molecule has 0 unspecified atom stereocenters. The van der Waals surface area contributed by atoms with Gasteiger partial charge in [-0.05, 0) is 0 Å².